The van der Waals surface area contributed by atoms with Crippen LogP contribution in [0.25, 0.3) is 0 Å². The number of nitrogens with one attached hydrogen (secondary N) is 1. The van der Waals surface area contributed by atoms with Gasteiger partial charge in [-0.3, -0.25) is 9.69 Å². The molecule has 1 aromatic heterocycles. The van der Waals surface area contributed by atoms with Crippen LogP contribution in [-0.2, 0) is 4.79 Å². The molecule has 2 heterocycles. The Morgan fingerprint density at radius 2 is 2.12 bits per heavy atom. The number of piperidine rings is 1. The van der Waals surface area contributed by atoms with E-state index in [1.807, 2.05) is 30.3 Å². The highest BCUT2D eigenvalue weighted by atomic mass is 35.5. The first kappa shape index (κ1) is 17.7. The Balaban J connectivity index is 1.45. The zero-order valence-corrected chi connectivity index (χ0v) is 14.8. The van der Waals surface area contributed by atoms with Crippen LogP contribution in [0, 0.1) is 5.92 Å². The molecule has 6 heteroatoms. The molecule has 2 aromatic rings. The van der Waals surface area contributed by atoms with Crippen molar-refractivity contribution in [2.24, 2.45) is 5.92 Å². The number of para-hydroxylation sites is 1. The lowest BCUT2D eigenvalue weighted by molar-refractivity contribution is -0.121. The SMILES string of the molecule is O=C(Nc1ccc(Cl)cn1)C1CCCN(CCOc2ccccc2)C1. The van der Waals surface area contributed by atoms with Crippen LogP contribution in [-0.4, -0.2) is 42.0 Å². The number of pyridine rings is 1. The second-order valence-electron chi connectivity index (χ2n) is 6.15. The van der Waals surface area contributed by atoms with E-state index in [-0.39, 0.29) is 11.8 Å². The number of likely N-dealkylation sites (tertiary alicyclic amines) is 1. The summed E-state index contributed by atoms with van der Waals surface area (Å²) in [5, 5.41) is 3.43. The van der Waals surface area contributed by atoms with Gasteiger partial charge in [0, 0.05) is 19.3 Å². The highest BCUT2D eigenvalue weighted by molar-refractivity contribution is 6.30. The standard InChI is InChI=1S/C19H22ClN3O2/c20-16-8-9-18(21-13-16)22-19(24)15-5-4-10-23(14-15)11-12-25-17-6-2-1-3-7-17/h1-3,6-9,13,15H,4-5,10-12,14H2,(H,21,22,24). The maximum absolute atomic E-state index is 12.5. The van der Waals surface area contributed by atoms with E-state index < -0.39 is 0 Å². The van der Waals surface area contributed by atoms with Crippen LogP contribution in [0.15, 0.2) is 48.7 Å². The van der Waals surface area contributed by atoms with E-state index in [1.165, 1.54) is 6.20 Å². The second-order valence-corrected chi connectivity index (χ2v) is 6.59. The van der Waals surface area contributed by atoms with Crippen molar-refractivity contribution >= 4 is 23.3 Å². The quantitative estimate of drug-likeness (QED) is 0.858. The smallest absolute Gasteiger partial charge is 0.229 e. The fraction of sp³-hybridized carbons (Fsp3) is 0.368. The maximum atomic E-state index is 12.5. The molecule has 1 saturated heterocycles. The number of carbonyl (C=O) groups excluding carboxylic acids is 1. The van der Waals surface area contributed by atoms with Gasteiger partial charge in [0.25, 0.3) is 0 Å². The lowest BCUT2D eigenvalue weighted by atomic mass is 9.97. The molecule has 1 unspecified atom stereocenters. The number of carbonyl (C=O) groups is 1. The molecule has 1 aromatic carbocycles. The predicted molar refractivity (Wildman–Crippen MR) is 99.0 cm³/mol. The first-order valence-corrected chi connectivity index (χ1v) is 8.91. The van der Waals surface area contributed by atoms with Crippen LogP contribution >= 0.6 is 11.6 Å². The molecule has 1 fully saturated rings. The molecule has 1 aliphatic rings. The average molecular weight is 360 g/mol. The van der Waals surface area contributed by atoms with E-state index in [0.29, 0.717) is 17.4 Å². The summed E-state index contributed by atoms with van der Waals surface area (Å²) in [4.78, 5) is 18.9. The Hall–Kier alpha value is -2.11. The largest absolute Gasteiger partial charge is 0.492 e. The normalized spacial score (nSPS) is 17.9. The topological polar surface area (TPSA) is 54.5 Å². The number of hydrogen-bond donors (Lipinski definition) is 1. The van der Waals surface area contributed by atoms with Gasteiger partial charge in [0.15, 0.2) is 0 Å². The van der Waals surface area contributed by atoms with Gasteiger partial charge < -0.3 is 10.1 Å². The summed E-state index contributed by atoms with van der Waals surface area (Å²) in [6.07, 6.45) is 3.44. The summed E-state index contributed by atoms with van der Waals surface area (Å²) in [7, 11) is 0. The van der Waals surface area contributed by atoms with Crippen LogP contribution in [0.1, 0.15) is 12.8 Å². The van der Waals surface area contributed by atoms with Crippen molar-refractivity contribution in [3.8, 4) is 5.75 Å². The van der Waals surface area contributed by atoms with E-state index in [9.17, 15) is 4.79 Å². The molecule has 1 N–H and O–H groups in total. The third-order valence-electron chi connectivity index (χ3n) is 4.27. The number of benzene rings is 1. The second kappa shape index (κ2) is 8.83. The molecule has 0 radical (unpaired) electrons. The average Bonchev–Trinajstić information content (AvgIpc) is 2.65. The van der Waals surface area contributed by atoms with E-state index in [4.69, 9.17) is 16.3 Å². The highest BCUT2D eigenvalue weighted by Gasteiger charge is 2.25. The molecule has 0 spiro atoms. The molecule has 1 atom stereocenters. The third kappa shape index (κ3) is 5.44. The van der Waals surface area contributed by atoms with Crippen LogP contribution < -0.4 is 10.1 Å². The Morgan fingerprint density at radius 3 is 2.88 bits per heavy atom. The summed E-state index contributed by atoms with van der Waals surface area (Å²) >= 11 is 5.82. The van der Waals surface area contributed by atoms with Gasteiger partial charge in [0.1, 0.15) is 18.2 Å². The van der Waals surface area contributed by atoms with Gasteiger partial charge >= 0.3 is 0 Å². The van der Waals surface area contributed by atoms with E-state index >= 15 is 0 Å². The minimum absolute atomic E-state index is 0.0171. The summed E-state index contributed by atoms with van der Waals surface area (Å²) in [5.74, 6) is 1.41. The van der Waals surface area contributed by atoms with E-state index in [0.717, 1.165) is 38.2 Å². The molecule has 132 valence electrons. The molecule has 1 aliphatic heterocycles. The number of halogens is 1. The minimum Gasteiger partial charge on any atom is -0.492 e. The Kier molecular flexibility index (Phi) is 6.25. The number of ether oxygens (including phenoxy) is 1. The number of rotatable bonds is 6. The van der Waals surface area contributed by atoms with Crippen LogP contribution in [0.2, 0.25) is 5.02 Å². The molecule has 1 amide bonds. The maximum Gasteiger partial charge on any atom is 0.229 e. The van der Waals surface area contributed by atoms with Crippen molar-refractivity contribution in [1.29, 1.82) is 0 Å². The molecule has 5 nitrogen and oxygen atoms in total. The van der Waals surface area contributed by atoms with Gasteiger partial charge in [-0.2, -0.15) is 0 Å². The van der Waals surface area contributed by atoms with Crippen molar-refractivity contribution in [2.75, 3.05) is 31.6 Å². The van der Waals surface area contributed by atoms with Gasteiger partial charge in [-0.25, -0.2) is 4.98 Å². The molecule has 25 heavy (non-hydrogen) atoms. The Morgan fingerprint density at radius 1 is 1.28 bits per heavy atom. The van der Waals surface area contributed by atoms with Crippen molar-refractivity contribution in [2.45, 2.75) is 12.8 Å². The highest BCUT2D eigenvalue weighted by Crippen LogP contribution is 2.19. The lowest BCUT2D eigenvalue weighted by Gasteiger charge is -2.31. The zero-order chi connectivity index (χ0) is 17.5. The number of amides is 1. The van der Waals surface area contributed by atoms with Crippen LogP contribution in [0.3, 0.4) is 0 Å². The van der Waals surface area contributed by atoms with Gasteiger partial charge in [-0.1, -0.05) is 29.8 Å². The lowest BCUT2D eigenvalue weighted by Crippen LogP contribution is -2.42. The van der Waals surface area contributed by atoms with E-state index in [2.05, 4.69) is 15.2 Å². The molecular weight excluding hydrogens is 338 g/mol. The summed E-state index contributed by atoms with van der Waals surface area (Å²) in [6, 6.07) is 13.2. The zero-order valence-electron chi connectivity index (χ0n) is 14.0. The number of hydrogen-bond acceptors (Lipinski definition) is 4. The first-order chi connectivity index (χ1) is 12.2. The molecule has 0 saturated carbocycles. The number of aromatic nitrogens is 1. The first-order valence-electron chi connectivity index (χ1n) is 8.53. The molecule has 0 bridgehead atoms. The fourth-order valence-electron chi connectivity index (χ4n) is 2.96. The number of nitrogens with zero attached hydrogens (tertiary/aromatic N) is 2. The van der Waals surface area contributed by atoms with Crippen molar-refractivity contribution < 1.29 is 9.53 Å². The van der Waals surface area contributed by atoms with E-state index in [1.54, 1.807) is 12.1 Å². The van der Waals surface area contributed by atoms with Gasteiger partial charge in [0.2, 0.25) is 5.91 Å². The van der Waals surface area contributed by atoms with Crippen molar-refractivity contribution in [3.05, 3.63) is 53.7 Å². The third-order valence-corrected chi connectivity index (χ3v) is 4.50. The molecule has 3 rings (SSSR count). The van der Waals surface area contributed by atoms with Crippen LogP contribution in [0.5, 0.6) is 5.75 Å². The van der Waals surface area contributed by atoms with Gasteiger partial charge in [-0.15, -0.1) is 0 Å². The Bertz CT molecular complexity index is 679. The fourth-order valence-corrected chi connectivity index (χ4v) is 3.07. The summed E-state index contributed by atoms with van der Waals surface area (Å²) < 4.78 is 5.75. The summed E-state index contributed by atoms with van der Waals surface area (Å²) in [5.41, 5.74) is 0. The van der Waals surface area contributed by atoms with Crippen molar-refractivity contribution in [3.63, 3.8) is 0 Å². The molecular formula is C19H22ClN3O2. The minimum atomic E-state index is -0.0250. The Labute approximate surface area is 153 Å². The molecule has 0 aliphatic carbocycles. The van der Waals surface area contributed by atoms with Gasteiger partial charge in [-0.05, 0) is 43.7 Å². The monoisotopic (exact) mass is 359 g/mol. The van der Waals surface area contributed by atoms with Crippen molar-refractivity contribution in [1.82, 2.24) is 9.88 Å². The summed E-state index contributed by atoms with van der Waals surface area (Å²) in [6.45, 7) is 3.19. The van der Waals surface area contributed by atoms with Gasteiger partial charge in [0.05, 0.1) is 10.9 Å². The predicted octanol–water partition coefficient (Wildman–Crippen LogP) is 3.46. The number of anilines is 1. The van der Waals surface area contributed by atoms with Crippen LogP contribution in [0.4, 0.5) is 5.82 Å².